The molecule has 2 saturated heterocycles. The van der Waals surface area contributed by atoms with Crippen molar-refractivity contribution in [1.82, 2.24) is 10.2 Å². The van der Waals surface area contributed by atoms with Crippen molar-refractivity contribution in [3.05, 3.63) is 0 Å². The summed E-state index contributed by atoms with van der Waals surface area (Å²) in [5.41, 5.74) is -1.12. The number of piperidine rings is 1. The highest BCUT2D eigenvalue weighted by atomic mass is 32.2. The summed E-state index contributed by atoms with van der Waals surface area (Å²) in [5.74, 6) is 1.59. The Kier molecular flexibility index (Phi) is 5.54. The quantitative estimate of drug-likeness (QED) is 0.816. The molecule has 0 aromatic heterocycles. The number of hydrogen-bond acceptors (Lipinski definition) is 4. The molecule has 1 atom stereocenters. The van der Waals surface area contributed by atoms with Crippen molar-refractivity contribution in [1.29, 1.82) is 0 Å². The molecule has 0 aromatic rings. The molecule has 2 N–H and O–H groups in total. The normalized spacial score (nSPS) is 25.8. The van der Waals surface area contributed by atoms with Crippen LogP contribution in [0, 0.1) is 0 Å². The summed E-state index contributed by atoms with van der Waals surface area (Å²) in [4.78, 5) is 14.6. The second-order valence-corrected chi connectivity index (χ2v) is 7.10. The summed E-state index contributed by atoms with van der Waals surface area (Å²) >= 11 is 1.81. The van der Waals surface area contributed by atoms with E-state index in [0.717, 1.165) is 31.1 Å². The lowest BCUT2D eigenvalue weighted by molar-refractivity contribution is -0.141. The van der Waals surface area contributed by atoms with E-state index in [2.05, 4.69) is 10.2 Å². The minimum Gasteiger partial charge on any atom is -0.380 e. The lowest BCUT2D eigenvalue weighted by Crippen LogP contribution is -2.53. The van der Waals surface area contributed by atoms with Gasteiger partial charge in [0.25, 0.3) is 5.91 Å². The average molecular weight is 286 g/mol. The number of hydrogen-bond donors (Lipinski definition) is 2. The molecule has 2 rings (SSSR count). The number of amides is 1. The van der Waals surface area contributed by atoms with Gasteiger partial charge in [-0.05, 0) is 57.2 Å². The predicted octanol–water partition coefficient (Wildman–Crippen LogP) is 1.24. The smallest absolute Gasteiger partial charge is 0.252 e. The minimum absolute atomic E-state index is 0.115. The monoisotopic (exact) mass is 286 g/mol. The Labute approximate surface area is 120 Å². The van der Waals surface area contributed by atoms with E-state index in [4.69, 9.17) is 0 Å². The van der Waals surface area contributed by atoms with Gasteiger partial charge < -0.3 is 15.3 Å². The maximum atomic E-state index is 12.2. The highest BCUT2D eigenvalue weighted by Crippen LogP contribution is 2.27. The number of aliphatic hydroxyl groups is 1. The first-order chi connectivity index (χ1) is 9.10. The molecule has 2 aliphatic rings. The number of carbonyl (C=O) groups excluding carboxylic acids is 1. The number of rotatable bonds is 4. The standard InChI is InChI=1S/C14H26N2O2S/c1-12(11-16-7-3-2-4-8-16)15-13(17)14(18)5-9-19-10-6-14/h12,18H,2-11H2,1H3,(H,15,17). The van der Waals surface area contributed by atoms with Gasteiger partial charge in [0.2, 0.25) is 0 Å². The molecule has 2 aliphatic heterocycles. The number of thioether (sulfide) groups is 1. The summed E-state index contributed by atoms with van der Waals surface area (Å²) < 4.78 is 0. The lowest BCUT2D eigenvalue weighted by atomic mass is 9.95. The Balaban J connectivity index is 1.77. The van der Waals surface area contributed by atoms with E-state index >= 15 is 0 Å². The lowest BCUT2D eigenvalue weighted by Gasteiger charge is -2.33. The fraction of sp³-hybridized carbons (Fsp3) is 0.929. The van der Waals surface area contributed by atoms with Crippen LogP contribution in [0.15, 0.2) is 0 Å². The van der Waals surface area contributed by atoms with Crippen LogP contribution in [-0.4, -0.2) is 58.7 Å². The van der Waals surface area contributed by atoms with E-state index in [1.165, 1.54) is 19.3 Å². The van der Waals surface area contributed by atoms with Crippen molar-refractivity contribution in [2.75, 3.05) is 31.1 Å². The third kappa shape index (κ3) is 4.36. The zero-order valence-electron chi connectivity index (χ0n) is 11.9. The molecule has 19 heavy (non-hydrogen) atoms. The van der Waals surface area contributed by atoms with Gasteiger partial charge in [0.1, 0.15) is 5.60 Å². The van der Waals surface area contributed by atoms with Gasteiger partial charge in [0.15, 0.2) is 0 Å². The Morgan fingerprint density at radius 1 is 1.32 bits per heavy atom. The summed E-state index contributed by atoms with van der Waals surface area (Å²) in [6.45, 7) is 5.21. The van der Waals surface area contributed by atoms with E-state index in [0.29, 0.717) is 12.8 Å². The zero-order valence-corrected chi connectivity index (χ0v) is 12.7. The Morgan fingerprint density at radius 3 is 2.58 bits per heavy atom. The molecule has 0 aromatic carbocycles. The van der Waals surface area contributed by atoms with Crippen molar-refractivity contribution in [2.45, 2.75) is 50.7 Å². The van der Waals surface area contributed by atoms with Crippen LogP contribution in [0.5, 0.6) is 0 Å². The van der Waals surface area contributed by atoms with Gasteiger partial charge in [-0.1, -0.05) is 6.42 Å². The van der Waals surface area contributed by atoms with E-state index < -0.39 is 5.60 Å². The van der Waals surface area contributed by atoms with Crippen LogP contribution in [0.3, 0.4) is 0 Å². The van der Waals surface area contributed by atoms with Gasteiger partial charge in [0.05, 0.1) is 0 Å². The van der Waals surface area contributed by atoms with Crippen molar-refractivity contribution in [3.8, 4) is 0 Å². The molecule has 0 spiro atoms. The second-order valence-electron chi connectivity index (χ2n) is 5.88. The summed E-state index contributed by atoms with van der Waals surface area (Å²) in [6, 6.07) is 0.115. The Morgan fingerprint density at radius 2 is 1.95 bits per heavy atom. The average Bonchev–Trinajstić information content (AvgIpc) is 2.40. The molecule has 0 saturated carbocycles. The van der Waals surface area contributed by atoms with Crippen molar-refractivity contribution in [2.24, 2.45) is 0 Å². The minimum atomic E-state index is -1.12. The number of nitrogens with zero attached hydrogens (tertiary/aromatic N) is 1. The van der Waals surface area contributed by atoms with Crippen LogP contribution in [-0.2, 0) is 4.79 Å². The fourth-order valence-corrected chi connectivity index (χ4v) is 4.04. The topological polar surface area (TPSA) is 52.6 Å². The first-order valence-electron chi connectivity index (χ1n) is 7.44. The largest absolute Gasteiger partial charge is 0.380 e. The molecule has 0 aliphatic carbocycles. The van der Waals surface area contributed by atoms with Crippen LogP contribution in [0.25, 0.3) is 0 Å². The molecule has 1 unspecified atom stereocenters. The molecule has 2 fully saturated rings. The number of carbonyl (C=O) groups is 1. The molecule has 5 heteroatoms. The highest BCUT2D eigenvalue weighted by molar-refractivity contribution is 7.99. The fourth-order valence-electron chi connectivity index (χ4n) is 2.87. The zero-order chi connectivity index (χ0) is 13.7. The van der Waals surface area contributed by atoms with Crippen LogP contribution >= 0.6 is 11.8 Å². The van der Waals surface area contributed by atoms with Crippen LogP contribution in [0.2, 0.25) is 0 Å². The maximum absolute atomic E-state index is 12.2. The van der Waals surface area contributed by atoms with Gasteiger partial charge >= 0.3 is 0 Å². The molecular weight excluding hydrogens is 260 g/mol. The maximum Gasteiger partial charge on any atom is 0.252 e. The number of likely N-dealkylation sites (tertiary alicyclic amines) is 1. The van der Waals surface area contributed by atoms with Gasteiger partial charge in [0, 0.05) is 12.6 Å². The third-order valence-electron chi connectivity index (χ3n) is 4.10. The molecule has 1 amide bonds. The SMILES string of the molecule is CC(CN1CCCCC1)NC(=O)C1(O)CCSCC1. The second kappa shape index (κ2) is 6.95. The van der Waals surface area contributed by atoms with E-state index in [1.807, 2.05) is 18.7 Å². The van der Waals surface area contributed by atoms with Gasteiger partial charge in [-0.25, -0.2) is 0 Å². The molecule has 110 valence electrons. The highest BCUT2D eigenvalue weighted by Gasteiger charge is 2.37. The van der Waals surface area contributed by atoms with Crippen LogP contribution in [0.1, 0.15) is 39.0 Å². The molecule has 2 heterocycles. The van der Waals surface area contributed by atoms with Gasteiger partial charge in [-0.3, -0.25) is 4.79 Å². The van der Waals surface area contributed by atoms with Crippen molar-refractivity contribution >= 4 is 17.7 Å². The van der Waals surface area contributed by atoms with E-state index in [9.17, 15) is 9.90 Å². The Hall–Kier alpha value is -0.260. The Bertz CT molecular complexity index is 300. The predicted molar refractivity (Wildman–Crippen MR) is 79.4 cm³/mol. The van der Waals surface area contributed by atoms with Crippen molar-refractivity contribution < 1.29 is 9.90 Å². The van der Waals surface area contributed by atoms with Gasteiger partial charge in [-0.2, -0.15) is 11.8 Å². The van der Waals surface area contributed by atoms with E-state index in [-0.39, 0.29) is 11.9 Å². The summed E-state index contributed by atoms with van der Waals surface area (Å²) in [6.07, 6.45) is 5.03. The van der Waals surface area contributed by atoms with Crippen LogP contribution < -0.4 is 5.32 Å². The third-order valence-corrected chi connectivity index (χ3v) is 5.09. The summed E-state index contributed by atoms with van der Waals surface area (Å²) in [7, 11) is 0. The first kappa shape index (κ1) is 15.1. The van der Waals surface area contributed by atoms with Crippen LogP contribution in [0.4, 0.5) is 0 Å². The summed E-state index contributed by atoms with van der Waals surface area (Å²) in [5, 5.41) is 13.4. The molecule has 0 radical (unpaired) electrons. The first-order valence-corrected chi connectivity index (χ1v) is 8.59. The van der Waals surface area contributed by atoms with Gasteiger partial charge in [-0.15, -0.1) is 0 Å². The van der Waals surface area contributed by atoms with Crippen molar-refractivity contribution in [3.63, 3.8) is 0 Å². The molecule has 0 bridgehead atoms. The molecule has 4 nitrogen and oxygen atoms in total. The number of nitrogens with one attached hydrogen (secondary N) is 1. The van der Waals surface area contributed by atoms with E-state index in [1.54, 1.807) is 0 Å². The molecular formula is C14H26N2O2S.